The van der Waals surface area contributed by atoms with Gasteiger partial charge in [0.25, 0.3) is 5.91 Å². The van der Waals surface area contributed by atoms with E-state index in [0.29, 0.717) is 33.0 Å². The third-order valence-electron chi connectivity index (χ3n) is 5.66. The molecule has 0 spiro atoms. The first-order chi connectivity index (χ1) is 14.1. The molecule has 0 saturated heterocycles. The van der Waals surface area contributed by atoms with Gasteiger partial charge in [-0.25, -0.2) is 0 Å². The molecule has 1 aliphatic heterocycles. The maximum Gasteiger partial charge on any atom is 0.254 e. The molecule has 0 aliphatic carbocycles. The van der Waals surface area contributed by atoms with E-state index >= 15 is 0 Å². The van der Waals surface area contributed by atoms with Crippen molar-refractivity contribution < 1.29 is 9.90 Å². The van der Waals surface area contributed by atoms with Gasteiger partial charge in [-0.15, -0.1) is 0 Å². The quantitative estimate of drug-likeness (QED) is 0.329. The summed E-state index contributed by atoms with van der Waals surface area (Å²) < 4.78 is 0. The Morgan fingerprint density at radius 2 is 1.41 bits per heavy atom. The van der Waals surface area contributed by atoms with Gasteiger partial charge < -0.3 is 20.4 Å². The van der Waals surface area contributed by atoms with Crippen molar-refractivity contribution in [2.75, 3.05) is 0 Å². The number of amides is 1. The van der Waals surface area contributed by atoms with Crippen LogP contribution < -0.4 is 5.32 Å². The van der Waals surface area contributed by atoms with E-state index in [1.807, 2.05) is 12.1 Å². The second-order valence-corrected chi connectivity index (χ2v) is 7.16. The maximum atomic E-state index is 12.8. The topological polar surface area (TPSA) is 128 Å². The van der Waals surface area contributed by atoms with Gasteiger partial charge >= 0.3 is 0 Å². The predicted molar refractivity (Wildman–Crippen MR) is 107 cm³/mol. The first kappa shape index (κ1) is 15.7. The van der Waals surface area contributed by atoms with Gasteiger partial charge in [-0.3, -0.25) is 4.79 Å². The molecule has 3 heterocycles. The van der Waals surface area contributed by atoms with E-state index < -0.39 is 6.23 Å². The van der Waals surface area contributed by atoms with Crippen molar-refractivity contribution in [3.05, 3.63) is 58.7 Å². The van der Waals surface area contributed by atoms with Crippen molar-refractivity contribution in [3.8, 4) is 12.1 Å². The lowest BCUT2D eigenvalue weighted by molar-refractivity contribution is 0.0853. The van der Waals surface area contributed by atoms with Gasteiger partial charge in [0.1, 0.15) is 0 Å². The molecule has 1 atom stereocenters. The zero-order chi connectivity index (χ0) is 19.9. The number of carbonyl (C=O) groups is 1. The Kier molecular flexibility index (Phi) is 2.78. The Morgan fingerprint density at radius 3 is 2.00 bits per heavy atom. The van der Waals surface area contributed by atoms with Gasteiger partial charge in [0.2, 0.25) is 0 Å². The second-order valence-electron chi connectivity index (χ2n) is 7.16. The van der Waals surface area contributed by atoms with E-state index in [2.05, 4.69) is 27.4 Å². The first-order valence-electron chi connectivity index (χ1n) is 8.96. The Bertz CT molecular complexity index is 1640. The molecular weight excluding hydrogens is 366 g/mol. The van der Waals surface area contributed by atoms with Crippen LogP contribution >= 0.6 is 0 Å². The molecule has 0 bridgehead atoms. The van der Waals surface area contributed by atoms with Gasteiger partial charge in [-0.1, -0.05) is 0 Å². The molecule has 1 unspecified atom stereocenters. The lowest BCUT2D eigenvalue weighted by Gasteiger charge is -2.07. The highest BCUT2D eigenvalue weighted by Crippen LogP contribution is 2.44. The van der Waals surface area contributed by atoms with E-state index in [4.69, 9.17) is 0 Å². The molecule has 3 aromatic carbocycles. The number of aromatic amines is 2. The van der Waals surface area contributed by atoms with E-state index in [9.17, 15) is 20.4 Å². The van der Waals surface area contributed by atoms with E-state index in [1.54, 1.807) is 24.3 Å². The number of benzene rings is 3. The molecule has 136 valence electrons. The summed E-state index contributed by atoms with van der Waals surface area (Å²) in [6.45, 7) is 0. The molecule has 1 aliphatic rings. The lowest BCUT2D eigenvalue weighted by Crippen LogP contribution is -2.18. The number of nitrogens with one attached hydrogen (secondary N) is 3. The van der Waals surface area contributed by atoms with E-state index in [-0.39, 0.29) is 5.91 Å². The number of aromatic nitrogens is 2. The maximum absolute atomic E-state index is 12.8. The SMILES string of the molecule is N#Cc1ccc2[nH]c3c4[nH]c5ccc(C#N)cc5c4c4c(c3c2c1)C(=O)NC4O. The fraction of sp³-hybridized carbons (Fsp3) is 0.0455. The van der Waals surface area contributed by atoms with Crippen molar-refractivity contribution in [1.82, 2.24) is 15.3 Å². The highest BCUT2D eigenvalue weighted by Gasteiger charge is 2.34. The lowest BCUT2D eigenvalue weighted by atomic mass is 9.95. The molecule has 29 heavy (non-hydrogen) atoms. The summed E-state index contributed by atoms with van der Waals surface area (Å²) in [5, 5.41) is 34.7. The van der Waals surface area contributed by atoms with Crippen LogP contribution in [0.4, 0.5) is 0 Å². The van der Waals surface area contributed by atoms with Crippen LogP contribution in [0.2, 0.25) is 0 Å². The van der Waals surface area contributed by atoms with Crippen LogP contribution in [0.15, 0.2) is 36.4 Å². The number of H-pyrrole nitrogens is 2. The first-order valence-corrected chi connectivity index (χ1v) is 8.96. The minimum absolute atomic E-state index is 0.367. The molecule has 7 heteroatoms. The van der Waals surface area contributed by atoms with Crippen LogP contribution in [0.5, 0.6) is 0 Å². The van der Waals surface area contributed by atoms with Crippen LogP contribution in [0.3, 0.4) is 0 Å². The van der Waals surface area contributed by atoms with Crippen LogP contribution in [-0.4, -0.2) is 21.0 Å². The zero-order valence-electron chi connectivity index (χ0n) is 14.8. The predicted octanol–water partition coefficient (Wildman–Crippen LogP) is 3.43. The minimum atomic E-state index is -1.15. The summed E-state index contributed by atoms with van der Waals surface area (Å²) in [6, 6.07) is 14.8. The third-order valence-corrected chi connectivity index (χ3v) is 5.66. The Labute approximate surface area is 162 Å². The molecule has 0 saturated carbocycles. The van der Waals surface area contributed by atoms with Gasteiger partial charge in [0, 0.05) is 38.1 Å². The minimum Gasteiger partial charge on any atom is -0.369 e. The number of fused-ring (bicyclic) bond motifs is 10. The number of aliphatic hydroxyl groups excluding tert-OH is 1. The Morgan fingerprint density at radius 1 is 0.862 bits per heavy atom. The van der Waals surface area contributed by atoms with Gasteiger partial charge in [0.15, 0.2) is 6.23 Å². The van der Waals surface area contributed by atoms with Gasteiger partial charge in [-0.05, 0) is 36.4 Å². The summed E-state index contributed by atoms with van der Waals surface area (Å²) in [4.78, 5) is 19.5. The molecule has 2 aromatic heterocycles. The fourth-order valence-electron chi connectivity index (χ4n) is 4.47. The smallest absolute Gasteiger partial charge is 0.254 e. The number of carbonyl (C=O) groups excluding carboxylic acids is 1. The number of rotatable bonds is 0. The Balaban J connectivity index is 1.94. The molecule has 0 radical (unpaired) electrons. The number of nitriles is 2. The third kappa shape index (κ3) is 1.84. The van der Waals surface area contributed by atoms with Crippen molar-refractivity contribution in [1.29, 1.82) is 10.5 Å². The average molecular weight is 377 g/mol. The number of hydrogen-bond acceptors (Lipinski definition) is 4. The highest BCUT2D eigenvalue weighted by atomic mass is 16.3. The van der Waals surface area contributed by atoms with Crippen LogP contribution in [0.25, 0.3) is 43.6 Å². The van der Waals surface area contributed by atoms with E-state index in [0.717, 1.165) is 32.8 Å². The van der Waals surface area contributed by atoms with Crippen LogP contribution in [-0.2, 0) is 0 Å². The molecule has 7 nitrogen and oxygen atoms in total. The standard InChI is InChI=1S/C22H11N5O2/c23-7-9-1-3-13-11(5-9)15-17-18(22(29)27-21(17)28)16-12-6-10(8-24)2-4-14(12)26-20(16)19(15)25-13/h1-6,21,25-26,28H,(H,27,29). The fourth-order valence-corrected chi connectivity index (χ4v) is 4.47. The Hall–Kier alpha value is -4.33. The van der Waals surface area contributed by atoms with Crippen molar-refractivity contribution in [3.63, 3.8) is 0 Å². The summed E-state index contributed by atoms with van der Waals surface area (Å²) in [7, 11) is 0. The van der Waals surface area contributed by atoms with Gasteiger partial charge in [0.05, 0.1) is 39.9 Å². The van der Waals surface area contributed by atoms with Crippen molar-refractivity contribution >= 4 is 49.5 Å². The summed E-state index contributed by atoms with van der Waals surface area (Å²) in [6.07, 6.45) is -1.15. The highest BCUT2D eigenvalue weighted by molar-refractivity contribution is 6.30. The van der Waals surface area contributed by atoms with Crippen molar-refractivity contribution in [2.24, 2.45) is 0 Å². The zero-order valence-corrected chi connectivity index (χ0v) is 14.8. The molecule has 4 N–H and O–H groups in total. The molecule has 5 aromatic rings. The second kappa shape index (κ2) is 5.14. The number of hydrogen-bond donors (Lipinski definition) is 4. The van der Waals surface area contributed by atoms with Crippen molar-refractivity contribution in [2.45, 2.75) is 6.23 Å². The van der Waals surface area contributed by atoms with Gasteiger partial charge in [-0.2, -0.15) is 10.5 Å². The van der Waals surface area contributed by atoms with Crippen LogP contribution in [0.1, 0.15) is 33.3 Å². The normalized spacial score (nSPS) is 15.7. The molecule has 6 rings (SSSR count). The molecule has 0 fully saturated rings. The average Bonchev–Trinajstić information content (AvgIpc) is 3.37. The molecular formula is C22H11N5O2. The summed E-state index contributed by atoms with van der Waals surface area (Å²) >= 11 is 0. The summed E-state index contributed by atoms with van der Waals surface area (Å²) in [5.74, 6) is -0.367. The number of aliphatic hydroxyl groups is 1. The van der Waals surface area contributed by atoms with E-state index in [1.165, 1.54) is 0 Å². The summed E-state index contributed by atoms with van der Waals surface area (Å²) in [5.41, 5.74) is 4.93. The largest absolute Gasteiger partial charge is 0.369 e. The monoisotopic (exact) mass is 377 g/mol. The number of nitrogens with zero attached hydrogens (tertiary/aromatic N) is 2. The molecule has 1 amide bonds. The van der Waals surface area contributed by atoms with Crippen LogP contribution in [0, 0.1) is 22.7 Å².